The van der Waals surface area contributed by atoms with Crippen molar-refractivity contribution in [2.45, 2.75) is 26.4 Å². The van der Waals surface area contributed by atoms with Gasteiger partial charge in [0.05, 0.1) is 17.8 Å². The third-order valence-corrected chi connectivity index (χ3v) is 6.07. The van der Waals surface area contributed by atoms with Crippen molar-refractivity contribution in [2.75, 3.05) is 24.5 Å². The molecule has 29 heavy (non-hydrogen) atoms. The second-order valence-electron chi connectivity index (χ2n) is 7.84. The van der Waals surface area contributed by atoms with E-state index in [2.05, 4.69) is 32.3 Å². The second kappa shape index (κ2) is 7.02. The Bertz CT molecular complexity index is 1010. The Morgan fingerprint density at radius 3 is 2.72 bits per heavy atom. The van der Waals surface area contributed by atoms with Crippen LogP contribution in [-0.4, -0.2) is 50.4 Å². The van der Waals surface area contributed by atoms with E-state index in [1.165, 1.54) is 5.56 Å². The number of hydrogen-bond acceptors (Lipinski definition) is 6. The quantitative estimate of drug-likeness (QED) is 0.679. The summed E-state index contributed by atoms with van der Waals surface area (Å²) in [5, 5.41) is 8.37. The number of benzene rings is 1. The Morgan fingerprint density at radius 1 is 1.21 bits per heavy atom. The Kier molecular flexibility index (Phi) is 4.34. The van der Waals surface area contributed by atoms with Crippen molar-refractivity contribution in [1.82, 2.24) is 24.8 Å². The molecule has 5 rings (SSSR count). The molecule has 0 aliphatic carbocycles. The first-order valence-corrected chi connectivity index (χ1v) is 10.1. The van der Waals surface area contributed by atoms with Crippen LogP contribution in [0.3, 0.4) is 0 Å². The minimum Gasteiger partial charge on any atom is -0.338 e. The fourth-order valence-corrected chi connectivity index (χ4v) is 4.72. The fourth-order valence-electron chi connectivity index (χ4n) is 4.72. The van der Waals surface area contributed by atoms with Gasteiger partial charge in [-0.25, -0.2) is 0 Å². The molecule has 4 heterocycles. The topological polar surface area (TPSA) is 80.3 Å². The molecule has 0 saturated carbocycles. The van der Waals surface area contributed by atoms with Gasteiger partial charge in [-0.2, -0.15) is 10.1 Å². The smallest absolute Gasteiger partial charge is 0.266 e. The van der Waals surface area contributed by atoms with E-state index in [-0.39, 0.29) is 11.9 Å². The van der Waals surface area contributed by atoms with E-state index < -0.39 is 0 Å². The van der Waals surface area contributed by atoms with Gasteiger partial charge < -0.3 is 14.3 Å². The zero-order valence-corrected chi connectivity index (χ0v) is 16.6. The Hall–Kier alpha value is -3.16. The fraction of sp³-hybridized carbons (Fsp3) is 0.429. The van der Waals surface area contributed by atoms with Gasteiger partial charge in [0.2, 0.25) is 5.89 Å². The van der Waals surface area contributed by atoms with Gasteiger partial charge in [0, 0.05) is 51.1 Å². The molecule has 2 fully saturated rings. The van der Waals surface area contributed by atoms with E-state index >= 15 is 0 Å². The molecule has 1 amide bonds. The number of anilines is 1. The maximum atomic E-state index is 13.4. The molecule has 1 aromatic carbocycles. The number of amides is 1. The van der Waals surface area contributed by atoms with Gasteiger partial charge in [0.15, 0.2) is 0 Å². The van der Waals surface area contributed by atoms with Crippen LogP contribution in [0.15, 0.2) is 47.2 Å². The van der Waals surface area contributed by atoms with Gasteiger partial charge in [-0.3, -0.25) is 9.48 Å². The summed E-state index contributed by atoms with van der Waals surface area (Å²) in [6.45, 7) is 6.92. The predicted octanol–water partition coefficient (Wildman–Crippen LogP) is 2.54. The molecule has 150 valence electrons. The lowest BCUT2D eigenvalue weighted by atomic mass is 9.89. The number of carbonyl (C=O) groups is 1. The number of carbonyl (C=O) groups excluding carboxylic acids is 1. The van der Waals surface area contributed by atoms with Crippen LogP contribution in [0.1, 0.15) is 34.8 Å². The number of rotatable bonds is 4. The highest BCUT2D eigenvalue weighted by molar-refractivity contribution is 5.94. The van der Waals surface area contributed by atoms with Crippen LogP contribution in [0.25, 0.3) is 0 Å². The van der Waals surface area contributed by atoms with Crippen LogP contribution in [0.4, 0.5) is 5.95 Å². The summed E-state index contributed by atoms with van der Waals surface area (Å²) in [5.74, 6) is 1.95. The van der Waals surface area contributed by atoms with Gasteiger partial charge >= 0.3 is 0 Å². The Labute approximate surface area is 169 Å². The highest BCUT2D eigenvalue weighted by Gasteiger charge is 2.50. The van der Waals surface area contributed by atoms with Crippen LogP contribution in [-0.2, 0) is 6.54 Å². The minimum absolute atomic E-state index is 0.0247. The molecule has 2 aliphatic heterocycles. The molecule has 0 spiro atoms. The van der Waals surface area contributed by atoms with E-state index in [1.807, 2.05) is 36.2 Å². The summed E-state index contributed by atoms with van der Waals surface area (Å²) in [5.41, 5.74) is 1.82. The van der Waals surface area contributed by atoms with Gasteiger partial charge in [-0.15, -0.1) is 0 Å². The van der Waals surface area contributed by atoms with Crippen molar-refractivity contribution in [3.05, 3.63) is 59.7 Å². The average molecular weight is 392 g/mol. The van der Waals surface area contributed by atoms with Crippen molar-refractivity contribution in [1.29, 1.82) is 0 Å². The molecule has 0 radical (unpaired) electrons. The van der Waals surface area contributed by atoms with E-state index in [9.17, 15) is 4.79 Å². The van der Waals surface area contributed by atoms with Crippen molar-refractivity contribution in [2.24, 2.45) is 11.8 Å². The number of likely N-dealkylation sites (tertiary alicyclic amines) is 1. The van der Waals surface area contributed by atoms with Crippen LogP contribution in [0, 0.1) is 18.8 Å². The molecular formula is C21H24N6O2. The molecule has 3 aromatic rings. The highest BCUT2D eigenvalue weighted by Crippen LogP contribution is 2.46. The average Bonchev–Trinajstić information content (AvgIpc) is 3.50. The van der Waals surface area contributed by atoms with E-state index in [4.69, 9.17) is 4.52 Å². The lowest BCUT2D eigenvalue weighted by molar-refractivity contribution is 0.0715. The largest absolute Gasteiger partial charge is 0.338 e. The van der Waals surface area contributed by atoms with Crippen molar-refractivity contribution in [3.63, 3.8) is 0 Å². The van der Waals surface area contributed by atoms with Gasteiger partial charge in [0.25, 0.3) is 11.9 Å². The summed E-state index contributed by atoms with van der Waals surface area (Å²) in [6, 6.07) is 10.3. The molecule has 2 aliphatic rings. The van der Waals surface area contributed by atoms with Crippen LogP contribution < -0.4 is 4.90 Å². The zero-order valence-electron chi connectivity index (χ0n) is 16.6. The lowest BCUT2D eigenvalue weighted by Gasteiger charge is -2.29. The monoisotopic (exact) mass is 392 g/mol. The van der Waals surface area contributed by atoms with Gasteiger partial charge in [0.1, 0.15) is 0 Å². The SMILES string of the molecule is CCn1cc(C(=O)N2C[C@@H]3CN(c4noc(C)n4)C[C@@H]3[C@H]2c2ccccc2)cn1. The third-order valence-electron chi connectivity index (χ3n) is 6.07. The number of hydrogen-bond donors (Lipinski definition) is 0. The normalized spacial score (nSPS) is 23.6. The molecule has 0 N–H and O–H groups in total. The first-order valence-electron chi connectivity index (χ1n) is 10.1. The summed E-state index contributed by atoms with van der Waals surface area (Å²) < 4.78 is 6.96. The zero-order chi connectivity index (χ0) is 20.0. The van der Waals surface area contributed by atoms with Crippen LogP contribution in [0.5, 0.6) is 0 Å². The van der Waals surface area contributed by atoms with Gasteiger partial charge in [-0.1, -0.05) is 30.3 Å². The number of aromatic nitrogens is 4. The Morgan fingerprint density at radius 2 is 2.03 bits per heavy atom. The second-order valence-corrected chi connectivity index (χ2v) is 7.84. The van der Waals surface area contributed by atoms with Gasteiger partial charge in [-0.05, 0) is 17.6 Å². The predicted molar refractivity (Wildman–Crippen MR) is 106 cm³/mol. The van der Waals surface area contributed by atoms with E-state index in [1.54, 1.807) is 17.8 Å². The summed E-state index contributed by atoms with van der Waals surface area (Å²) in [6.07, 6.45) is 3.52. The van der Waals surface area contributed by atoms with E-state index in [0.29, 0.717) is 35.8 Å². The van der Waals surface area contributed by atoms with Crippen molar-refractivity contribution < 1.29 is 9.32 Å². The molecule has 2 saturated heterocycles. The maximum absolute atomic E-state index is 13.4. The van der Waals surface area contributed by atoms with Crippen LogP contribution >= 0.6 is 0 Å². The molecule has 2 aromatic heterocycles. The molecule has 0 unspecified atom stereocenters. The molecule has 3 atom stereocenters. The highest BCUT2D eigenvalue weighted by atomic mass is 16.5. The third kappa shape index (κ3) is 3.08. The molecule has 0 bridgehead atoms. The maximum Gasteiger partial charge on any atom is 0.266 e. The first-order chi connectivity index (χ1) is 14.1. The standard InChI is InChI=1S/C21H24N6O2/c1-3-26-11-16(9-22-26)20(28)27-12-17-10-25(21-23-14(2)29-24-21)13-18(17)19(27)15-7-5-4-6-8-15/h4-9,11,17-19H,3,10,12-13H2,1-2H3/t17-,18-,19+/m0/s1. The van der Waals surface area contributed by atoms with E-state index in [0.717, 1.165) is 19.6 Å². The number of aryl methyl sites for hydroxylation is 2. The molecular weight excluding hydrogens is 368 g/mol. The van der Waals surface area contributed by atoms with Crippen LogP contribution in [0.2, 0.25) is 0 Å². The molecule has 8 heteroatoms. The molecule has 8 nitrogen and oxygen atoms in total. The number of fused-ring (bicyclic) bond motifs is 1. The van der Waals surface area contributed by atoms with Crippen molar-refractivity contribution >= 4 is 11.9 Å². The minimum atomic E-state index is 0.0247. The van der Waals surface area contributed by atoms with Crippen molar-refractivity contribution in [3.8, 4) is 0 Å². The first kappa shape index (κ1) is 17.9. The lowest BCUT2D eigenvalue weighted by Crippen LogP contribution is -2.35. The number of nitrogens with zero attached hydrogens (tertiary/aromatic N) is 6. The Balaban J connectivity index is 1.45. The summed E-state index contributed by atoms with van der Waals surface area (Å²) in [4.78, 5) is 22.0. The summed E-state index contributed by atoms with van der Waals surface area (Å²) in [7, 11) is 0. The summed E-state index contributed by atoms with van der Waals surface area (Å²) >= 11 is 0.